The second-order valence-corrected chi connectivity index (χ2v) is 8.95. The molecule has 1 aliphatic rings. The van der Waals surface area contributed by atoms with Gasteiger partial charge in [-0.05, 0) is 35.3 Å². The van der Waals surface area contributed by atoms with E-state index >= 15 is 0 Å². The molecule has 2 heterocycles. The Morgan fingerprint density at radius 3 is 2.50 bits per heavy atom. The molecule has 1 fully saturated rings. The maximum atomic E-state index is 14.2. The van der Waals surface area contributed by atoms with E-state index in [1.165, 1.54) is 11.8 Å². The molecule has 0 unspecified atom stereocenters. The maximum Gasteiger partial charge on any atom is 0.330 e. The van der Waals surface area contributed by atoms with Gasteiger partial charge in [-0.3, -0.25) is 14.4 Å². The molecule has 2 aromatic rings. The number of nitrogens with zero attached hydrogens (tertiary/aromatic N) is 3. The van der Waals surface area contributed by atoms with E-state index in [1.54, 1.807) is 0 Å². The normalized spacial score (nSPS) is 15.7. The number of hydrogen-bond acceptors (Lipinski definition) is 5. The van der Waals surface area contributed by atoms with Crippen LogP contribution in [0.15, 0.2) is 20.8 Å². The topological polar surface area (TPSA) is 90.8 Å². The van der Waals surface area contributed by atoms with Crippen molar-refractivity contribution in [2.24, 2.45) is 0 Å². The molecule has 3 rings (SSSR count). The van der Waals surface area contributed by atoms with E-state index < -0.39 is 27.8 Å². The average Bonchev–Trinajstić information content (AvgIpc) is 2.93. The summed E-state index contributed by atoms with van der Waals surface area (Å²) in [6.07, 6.45) is 0.433. The van der Waals surface area contributed by atoms with Crippen molar-refractivity contribution in [3.63, 3.8) is 0 Å². The number of carbonyl (C=O) groups excluding carboxylic acids is 1. The van der Waals surface area contributed by atoms with Crippen molar-refractivity contribution in [1.82, 2.24) is 4.98 Å². The minimum absolute atomic E-state index is 0.0540. The summed E-state index contributed by atoms with van der Waals surface area (Å²) in [7, 11) is -4.46. The van der Waals surface area contributed by atoms with Crippen LogP contribution in [0.3, 0.4) is 0 Å². The zero-order chi connectivity index (χ0) is 19.2. The molecule has 0 radical (unpaired) electrons. The molecule has 0 spiro atoms. The number of aromatic nitrogens is 1. The monoisotopic (exact) mass is 467 g/mol. The van der Waals surface area contributed by atoms with Crippen LogP contribution in [-0.2, 0) is 10.1 Å². The molecule has 1 aliphatic heterocycles. The Balaban J connectivity index is 1.98. The molecule has 1 aromatic heterocycles. The number of thiazole rings is 1. The quantitative estimate of drug-likeness (QED) is 0.550. The van der Waals surface area contributed by atoms with Crippen LogP contribution < -0.4 is 9.80 Å². The lowest BCUT2D eigenvalue weighted by Gasteiger charge is -2.34. The van der Waals surface area contributed by atoms with E-state index in [2.05, 4.69) is 20.9 Å². The van der Waals surface area contributed by atoms with Gasteiger partial charge in [-0.15, -0.1) is 0 Å². The van der Waals surface area contributed by atoms with Gasteiger partial charge >= 0.3 is 16.1 Å². The fraction of sp³-hybridized carbons (Fsp3) is 0.286. The van der Waals surface area contributed by atoms with E-state index in [4.69, 9.17) is 0 Å². The minimum Gasteiger partial charge on any atom is -0.291 e. The molecular formula is C14H12BrF2N3O4S2. The second-order valence-electron chi connectivity index (χ2n) is 5.50. The lowest BCUT2D eigenvalue weighted by atomic mass is 10.2. The molecule has 140 valence electrons. The van der Waals surface area contributed by atoms with Crippen LogP contribution in [0.4, 0.5) is 24.4 Å². The first-order chi connectivity index (χ1) is 12.1. The third kappa shape index (κ3) is 3.46. The highest BCUT2D eigenvalue weighted by Crippen LogP contribution is 2.34. The Labute approximate surface area is 160 Å². The molecule has 1 aromatic carbocycles. The Morgan fingerprint density at radius 1 is 1.23 bits per heavy atom. The van der Waals surface area contributed by atoms with Gasteiger partial charge in [-0.2, -0.15) is 8.42 Å². The van der Waals surface area contributed by atoms with Crippen molar-refractivity contribution in [3.05, 3.63) is 33.9 Å². The highest BCUT2D eigenvalue weighted by molar-refractivity contribution is 9.10. The summed E-state index contributed by atoms with van der Waals surface area (Å²) in [5, 5.41) is 0.0582. The predicted molar refractivity (Wildman–Crippen MR) is 95.4 cm³/mol. The Morgan fingerprint density at radius 2 is 1.88 bits per heavy atom. The fourth-order valence-electron chi connectivity index (χ4n) is 2.57. The van der Waals surface area contributed by atoms with Crippen LogP contribution >= 0.6 is 27.3 Å². The van der Waals surface area contributed by atoms with Crippen molar-refractivity contribution in [3.8, 4) is 0 Å². The first kappa shape index (κ1) is 19.1. The SMILES string of the molecule is Cc1nc(N2CCCN(c3cc(F)c(Br)cc3F)C2=O)sc1S(=O)(=O)O. The van der Waals surface area contributed by atoms with Crippen LogP contribution in [0, 0.1) is 18.6 Å². The first-order valence-electron chi connectivity index (χ1n) is 7.28. The van der Waals surface area contributed by atoms with Crippen molar-refractivity contribution in [1.29, 1.82) is 0 Å². The number of benzene rings is 1. The van der Waals surface area contributed by atoms with Crippen LogP contribution in [0.25, 0.3) is 0 Å². The van der Waals surface area contributed by atoms with E-state index in [-0.39, 0.29) is 38.3 Å². The van der Waals surface area contributed by atoms with Crippen LogP contribution in [0.2, 0.25) is 0 Å². The number of urea groups is 1. The van der Waals surface area contributed by atoms with Crippen molar-refractivity contribution < 1.29 is 26.5 Å². The predicted octanol–water partition coefficient (Wildman–Crippen LogP) is 3.58. The fourth-order valence-corrected chi connectivity index (χ4v) is 4.77. The number of amides is 2. The smallest absolute Gasteiger partial charge is 0.291 e. The highest BCUT2D eigenvalue weighted by Gasteiger charge is 2.33. The number of hydrogen-bond donors (Lipinski definition) is 1. The number of halogens is 3. The van der Waals surface area contributed by atoms with Crippen molar-refractivity contribution in [2.45, 2.75) is 17.6 Å². The molecule has 1 saturated heterocycles. The molecule has 26 heavy (non-hydrogen) atoms. The van der Waals surface area contributed by atoms with Gasteiger partial charge in [0.25, 0.3) is 0 Å². The van der Waals surface area contributed by atoms with Gasteiger partial charge in [0.15, 0.2) is 9.34 Å². The number of carbonyl (C=O) groups is 1. The molecule has 0 bridgehead atoms. The third-order valence-electron chi connectivity index (χ3n) is 3.71. The summed E-state index contributed by atoms with van der Waals surface area (Å²) in [5.41, 5.74) is -0.165. The van der Waals surface area contributed by atoms with Gasteiger partial charge < -0.3 is 0 Å². The molecular weight excluding hydrogens is 456 g/mol. The average molecular weight is 468 g/mol. The number of anilines is 2. The number of rotatable bonds is 3. The summed E-state index contributed by atoms with van der Waals surface area (Å²) in [4.78, 5) is 19.0. The Kier molecular flexibility index (Phi) is 5.03. The lowest BCUT2D eigenvalue weighted by Crippen LogP contribution is -2.50. The summed E-state index contributed by atoms with van der Waals surface area (Å²) in [6.45, 7) is 1.79. The summed E-state index contributed by atoms with van der Waals surface area (Å²) in [6, 6.07) is 1.19. The zero-order valence-electron chi connectivity index (χ0n) is 13.2. The van der Waals surface area contributed by atoms with E-state index in [0.29, 0.717) is 17.8 Å². The standard InChI is InChI=1S/C14H12BrF2N3O4S2/c1-7-12(26(22,23)24)25-13(18-7)20-4-2-3-19(14(20)21)11-6-9(16)8(15)5-10(11)17/h5-6H,2-4H2,1H3,(H,22,23,24). The van der Waals surface area contributed by atoms with E-state index in [9.17, 15) is 26.5 Å². The van der Waals surface area contributed by atoms with Gasteiger partial charge in [-0.25, -0.2) is 18.6 Å². The third-order valence-corrected chi connectivity index (χ3v) is 6.94. The molecule has 0 saturated carbocycles. The molecule has 7 nitrogen and oxygen atoms in total. The van der Waals surface area contributed by atoms with Gasteiger partial charge in [0.1, 0.15) is 11.6 Å². The highest BCUT2D eigenvalue weighted by atomic mass is 79.9. The molecule has 12 heteroatoms. The molecule has 0 aliphatic carbocycles. The Bertz CT molecular complexity index is 996. The largest absolute Gasteiger partial charge is 0.330 e. The van der Waals surface area contributed by atoms with E-state index in [1.807, 2.05) is 0 Å². The van der Waals surface area contributed by atoms with Gasteiger partial charge in [-0.1, -0.05) is 11.3 Å². The minimum atomic E-state index is -4.46. The van der Waals surface area contributed by atoms with E-state index in [0.717, 1.165) is 17.0 Å². The summed E-state index contributed by atoms with van der Waals surface area (Å²) in [5.74, 6) is -1.49. The van der Waals surface area contributed by atoms with Crippen LogP contribution in [0.1, 0.15) is 12.1 Å². The second kappa shape index (κ2) is 6.83. The molecule has 0 atom stereocenters. The van der Waals surface area contributed by atoms with Crippen LogP contribution in [-0.4, -0.2) is 37.1 Å². The summed E-state index contributed by atoms with van der Waals surface area (Å²) >= 11 is 3.52. The molecule has 1 N–H and O–H groups in total. The molecule has 2 amide bonds. The lowest BCUT2D eigenvalue weighted by molar-refractivity contribution is 0.248. The van der Waals surface area contributed by atoms with Crippen molar-refractivity contribution in [2.75, 3.05) is 22.9 Å². The van der Waals surface area contributed by atoms with Gasteiger partial charge in [0.2, 0.25) is 0 Å². The van der Waals surface area contributed by atoms with Gasteiger partial charge in [0, 0.05) is 19.2 Å². The number of aryl methyl sites for hydroxylation is 1. The Hall–Kier alpha value is -1.63. The first-order valence-corrected chi connectivity index (χ1v) is 10.3. The van der Waals surface area contributed by atoms with Crippen LogP contribution in [0.5, 0.6) is 0 Å². The van der Waals surface area contributed by atoms with Crippen molar-refractivity contribution >= 4 is 54.2 Å². The van der Waals surface area contributed by atoms with Gasteiger partial charge in [0.05, 0.1) is 15.9 Å². The maximum absolute atomic E-state index is 14.2. The summed E-state index contributed by atoms with van der Waals surface area (Å²) < 4.78 is 59.5. The zero-order valence-corrected chi connectivity index (χ0v) is 16.5.